The highest BCUT2D eigenvalue weighted by atomic mass is 16.7. The maximum atomic E-state index is 10.6. The average Bonchev–Trinajstić information content (AvgIpc) is 3.41. The van der Waals surface area contributed by atoms with Crippen molar-refractivity contribution >= 4 is 6.29 Å². The molecule has 5 aliphatic rings. The monoisotopic (exact) mass is 724 g/mol. The molecule has 3 N–H and O–H groups in total. The average molecular weight is 724 g/mol. The molecule has 0 aromatic rings. The number of fused-ring (bicyclic) bond motifs is 5. The van der Waals surface area contributed by atoms with Crippen LogP contribution < -0.4 is 5.32 Å². The smallest absolute Gasteiger partial charge is 0.160 e. The molecule has 0 spiro atoms. The molecule has 0 radical (unpaired) electrons. The van der Waals surface area contributed by atoms with Crippen LogP contribution in [0.4, 0.5) is 0 Å². The van der Waals surface area contributed by atoms with Crippen LogP contribution in [0.25, 0.3) is 0 Å². The maximum absolute atomic E-state index is 10.6. The minimum absolute atomic E-state index is 0.0758. The highest BCUT2D eigenvalue weighted by molar-refractivity contribution is 5.44. The zero-order valence-electron chi connectivity index (χ0n) is 34.5. The van der Waals surface area contributed by atoms with Crippen LogP contribution >= 0.6 is 0 Å². The second-order valence-corrected chi connectivity index (χ2v) is 17.9. The largest absolute Gasteiger partial charge is 0.400 e. The lowest BCUT2D eigenvalue weighted by Crippen LogP contribution is -2.54. The molecule has 0 aromatic heterocycles. The molecule has 1 heterocycles. The van der Waals surface area contributed by atoms with Gasteiger partial charge in [0.1, 0.15) is 6.29 Å². The summed E-state index contributed by atoms with van der Waals surface area (Å²) in [5, 5.41) is 21.1. The summed E-state index contributed by atoms with van der Waals surface area (Å²) in [4.78, 5) is 8.81. The van der Waals surface area contributed by atoms with E-state index in [1.54, 1.807) is 7.11 Å². The maximum Gasteiger partial charge on any atom is 0.160 e. The van der Waals surface area contributed by atoms with E-state index in [1.807, 2.05) is 0 Å². The van der Waals surface area contributed by atoms with Gasteiger partial charge in [-0.1, -0.05) is 54.4 Å². The van der Waals surface area contributed by atoms with E-state index < -0.39 is 0 Å². The van der Waals surface area contributed by atoms with Gasteiger partial charge in [-0.25, -0.2) is 0 Å². The molecule has 1 saturated heterocycles. The Bertz CT molecular complexity index is 984. The van der Waals surface area contributed by atoms with Gasteiger partial charge in [0.15, 0.2) is 6.29 Å². The van der Waals surface area contributed by atoms with Crippen LogP contribution in [0.5, 0.6) is 0 Å². The molecule has 0 amide bonds. The van der Waals surface area contributed by atoms with Gasteiger partial charge in [0.2, 0.25) is 0 Å². The van der Waals surface area contributed by atoms with Crippen LogP contribution in [-0.4, -0.2) is 87.7 Å². The van der Waals surface area contributed by atoms with Gasteiger partial charge >= 0.3 is 0 Å². The molecule has 0 aromatic carbocycles. The molecule has 5 rings (SSSR count). The first-order valence-corrected chi connectivity index (χ1v) is 21.1. The van der Waals surface area contributed by atoms with E-state index in [0.717, 1.165) is 83.1 Å². The minimum atomic E-state index is -0.157. The number of hydrogen-bond donors (Lipinski definition) is 3. The summed E-state index contributed by atoms with van der Waals surface area (Å²) in [5.74, 6) is 5.33. The van der Waals surface area contributed by atoms with E-state index in [0.29, 0.717) is 40.4 Å². The van der Waals surface area contributed by atoms with E-state index in [4.69, 9.17) is 28.8 Å². The quantitative estimate of drug-likeness (QED) is 0.115. The third-order valence-corrected chi connectivity index (χ3v) is 14.6. The van der Waals surface area contributed by atoms with Crippen molar-refractivity contribution in [2.75, 3.05) is 40.5 Å². The molecule has 14 unspecified atom stereocenters. The highest BCUT2D eigenvalue weighted by Gasteiger charge is 2.63. The Hall–Kier alpha value is -0.610. The number of aldehydes is 1. The van der Waals surface area contributed by atoms with Crippen molar-refractivity contribution in [3.8, 4) is 0 Å². The fraction of sp³-hybridized carbons (Fsp3) is 0.977. The first-order chi connectivity index (χ1) is 24.4. The number of aliphatic hydroxyl groups excluding tert-OH is 2. The van der Waals surface area contributed by atoms with Gasteiger partial charge in [-0.2, -0.15) is 0 Å². The Balaban J connectivity index is 0.00000133. The van der Waals surface area contributed by atoms with Crippen molar-refractivity contribution in [1.29, 1.82) is 0 Å². The summed E-state index contributed by atoms with van der Waals surface area (Å²) in [5.41, 5.74) is 0.727. The van der Waals surface area contributed by atoms with Gasteiger partial charge in [0, 0.05) is 33.1 Å². The molecule has 5 fully saturated rings. The normalized spacial score (nSPS) is 40.5. The van der Waals surface area contributed by atoms with Crippen LogP contribution in [0.1, 0.15) is 139 Å². The van der Waals surface area contributed by atoms with Crippen molar-refractivity contribution < 1.29 is 34.0 Å². The van der Waals surface area contributed by atoms with Crippen LogP contribution in [0.15, 0.2) is 0 Å². The first kappa shape index (κ1) is 44.8. The standard InChI is InChI=1S/C40H73NO5.C2H4O.CH4O/c1-9-29(5)45-35-23-37(44-25-28(35)4)46-36-22-34-32-14-13-30-21-31(42)15-17-39(30,6)33(32)16-18-40(34,7)38(36)27(3)12-10-11-26(2)24-41-19-20-43-8;1-2-3;1-2/h26-38,41-42H,9-25H2,1-8H3;2H,1H3;2H,1H3/t26?,27-,28?,29?,30?,31?,32?,33?,34?,35?,36?,37?,38?,39?,40?;;/m1../s1. The van der Waals surface area contributed by atoms with Gasteiger partial charge in [0.25, 0.3) is 0 Å². The van der Waals surface area contributed by atoms with E-state index in [1.165, 1.54) is 64.7 Å². The van der Waals surface area contributed by atoms with E-state index in [2.05, 4.69) is 53.8 Å². The topological polar surface area (TPSA) is 106 Å². The number of carbonyl (C=O) groups is 1. The van der Waals surface area contributed by atoms with Gasteiger partial charge in [0.05, 0.1) is 37.6 Å². The van der Waals surface area contributed by atoms with E-state index in [-0.39, 0.29) is 30.7 Å². The number of aliphatic hydroxyl groups is 2. The van der Waals surface area contributed by atoms with Crippen molar-refractivity contribution in [2.45, 2.75) is 170 Å². The predicted molar refractivity (Wildman–Crippen MR) is 206 cm³/mol. The second-order valence-electron chi connectivity index (χ2n) is 17.9. The van der Waals surface area contributed by atoms with Crippen LogP contribution in [0.2, 0.25) is 0 Å². The number of ether oxygens (including phenoxy) is 4. The minimum Gasteiger partial charge on any atom is -0.400 e. The molecular formula is C43H81NO7. The van der Waals surface area contributed by atoms with Crippen LogP contribution in [-0.2, 0) is 23.7 Å². The van der Waals surface area contributed by atoms with E-state index in [9.17, 15) is 5.11 Å². The summed E-state index contributed by atoms with van der Waals surface area (Å²) >= 11 is 0. The third-order valence-electron chi connectivity index (χ3n) is 14.6. The summed E-state index contributed by atoms with van der Waals surface area (Å²) < 4.78 is 25.4. The Kier molecular flexibility index (Phi) is 18.9. The van der Waals surface area contributed by atoms with Crippen LogP contribution in [0.3, 0.4) is 0 Å². The highest BCUT2D eigenvalue weighted by Crippen LogP contribution is 2.69. The zero-order chi connectivity index (χ0) is 37.8. The Labute approximate surface area is 313 Å². The molecule has 51 heavy (non-hydrogen) atoms. The SMILES string of the molecule is CC=O.CCC(C)OC1CC(OC2CC3C4CCC5CC(O)CCC5(C)C4CCC3(C)C2[C@H](C)CCCC(C)CNCCOC)OCC1C.CO. The van der Waals surface area contributed by atoms with E-state index >= 15 is 0 Å². The summed E-state index contributed by atoms with van der Waals surface area (Å²) in [6.07, 6.45) is 16.8. The molecule has 4 aliphatic carbocycles. The fourth-order valence-corrected chi connectivity index (χ4v) is 11.7. The molecule has 15 atom stereocenters. The molecule has 8 nitrogen and oxygen atoms in total. The summed E-state index contributed by atoms with van der Waals surface area (Å²) in [7, 11) is 2.77. The van der Waals surface area contributed by atoms with Gasteiger partial charge in [-0.3, -0.25) is 0 Å². The predicted octanol–water partition coefficient (Wildman–Crippen LogP) is 8.06. The third kappa shape index (κ3) is 11.2. The lowest BCUT2D eigenvalue weighted by molar-refractivity contribution is -0.240. The lowest BCUT2D eigenvalue weighted by atomic mass is 9.44. The lowest BCUT2D eigenvalue weighted by Gasteiger charge is -2.61. The number of methoxy groups -OCH3 is 1. The number of rotatable bonds is 15. The Morgan fingerprint density at radius 3 is 2.35 bits per heavy atom. The molecule has 8 heteroatoms. The van der Waals surface area contributed by atoms with Crippen molar-refractivity contribution in [3.63, 3.8) is 0 Å². The van der Waals surface area contributed by atoms with Gasteiger partial charge in [-0.15, -0.1) is 0 Å². The zero-order valence-corrected chi connectivity index (χ0v) is 34.5. The number of carbonyl (C=O) groups excluding carboxylic acids is 1. The molecular weight excluding hydrogens is 642 g/mol. The summed E-state index contributed by atoms with van der Waals surface area (Å²) in [6.45, 7) is 21.9. The fourth-order valence-electron chi connectivity index (χ4n) is 11.7. The van der Waals surface area contributed by atoms with Crippen LogP contribution in [0, 0.1) is 58.2 Å². The number of hydrogen-bond acceptors (Lipinski definition) is 8. The molecule has 300 valence electrons. The Morgan fingerprint density at radius 1 is 0.961 bits per heavy atom. The molecule has 1 aliphatic heterocycles. The number of nitrogens with one attached hydrogen (secondary N) is 1. The first-order valence-electron chi connectivity index (χ1n) is 21.1. The molecule has 0 bridgehead atoms. The Morgan fingerprint density at radius 2 is 1.67 bits per heavy atom. The van der Waals surface area contributed by atoms with Crippen molar-refractivity contribution in [3.05, 3.63) is 0 Å². The van der Waals surface area contributed by atoms with Gasteiger partial charge in [-0.05, 0) is 137 Å². The van der Waals surface area contributed by atoms with Gasteiger partial charge < -0.3 is 39.3 Å². The van der Waals surface area contributed by atoms with Crippen molar-refractivity contribution in [1.82, 2.24) is 5.32 Å². The molecule has 4 saturated carbocycles. The summed E-state index contributed by atoms with van der Waals surface area (Å²) in [6, 6.07) is 0. The second kappa shape index (κ2) is 21.5. The van der Waals surface area contributed by atoms with Crippen molar-refractivity contribution in [2.24, 2.45) is 58.2 Å².